The van der Waals surface area contributed by atoms with Crippen LogP contribution in [0.3, 0.4) is 0 Å². The smallest absolute Gasteiger partial charge is 0.182 e. The molecular weight excluding hydrogens is 258 g/mol. The number of hydrogen-bond acceptors (Lipinski definition) is 2. The van der Waals surface area contributed by atoms with Crippen molar-refractivity contribution in [3.05, 3.63) is 66.2 Å². The Kier molecular flexibility index (Phi) is 4.99. The summed E-state index contributed by atoms with van der Waals surface area (Å²) >= 11 is 5.82. The molecule has 2 nitrogen and oxygen atoms in total. The third-order valence-electron chi connectivity index (χ3n) is 2.91. The lowest BCUT2D eigenvalue weighted by atomic mass is 10.1. The van der Waals surface area contributed by atoms with E-state index in [2.05, 4.69) is 0 Å². The summed E-state index contributed by atoms with van der Waals surface area (Å²) in [6, 6.07) is 19.2. The van der Waals surface area contributed by atoms with Crippen molar-refractivity contribution in [1.82, 2.24) is 0 Å². The van der Waals surface area contributed by atoms with Crippen LogP contribution in [0.2, 0.25) is 0 Å². The van der Waals surface area contributed by atoms with Crippen LogP contribution in [0.5, 0.6) is 0 Å². The van der Waals surface area contributed by atoms with Crippen molar-refractivity contribution >= 4 is 23.1 Å². The Morgan fingerprint density at radius 1 is 0.947 bits per heavy atom. The van der Waals surface area contributed by atoms with E-state index in [9.17, 15) is 4.79 Å². The fraction of sp³-hybridized carbons (Fsp3) is 0.188. The molecule has 0 bridgehead atoms. The number of Topliss-reactive ketones (excluding diaryl/α,β-unsaturated/α-hetero) is 1. The minimum Gasteiger partial charge on any atom is -0.363 e. The second kappa shape index (κ2) is 6.95. The monoisotopic (exact) mass is 273 g/mol. The minimum atomic E-state index is 0.106. The predicted molar refractivity (Wildman–Crippen MR) is 80.1 cm³/mol. The van der Waals surface area contributed by atoms with Gasteiger partial charge in [-0.15, -0.1) is 11.6 Å². The highest BCUT2D eigenvalue weighted by Gasteiger charge is 2.12. The Labute approximate surface area is 118 Å². The molecule has 0 saturated carbocycles. The number of nitrogens with zero attached hydrogens (tertiary/aromatic N) is 1. The molecule has 98 valence electrons. The van der Waals surface area contributed by atoms with Crippen LogP contribution in [0.25, 0.3) is 0 Å². The Morgan fingerprint density at radius 3 is 2.11 bits per heavy atom. The largest absolute Gasteiger partial charge is 0.363 e. The minimum absolute atomic E-state index is 0.106. The first-order valence-electron chi connectivity index (χ1n) is 6.25. The third kappa shape index (κ3) is 3.83. The van der Waals surface area contributed by atoms with Gasteiger partial charge in [-0.05, 0) is 12.1 Å². The molecule has 0 radical (unpaired) electrons. The Hall–Kier alpha value is -1.80. The van der Waals surface area contributed by atoms with E-state index >= 15 is 0 Å². The number of para-hydroxylation sites is 1. The van der Waals surface area contributed by atoms with Crippen molar-refractivity contribution in [2.75, 3.05) is 23.9 Å². The number of carbonyl (C=O) groups is 1. The molecule has 2 aromatic carbocycles. The first-order chi connectivity index (χ1) is 9.31. The summed E-state index contributed by atoms with van der Waals surface area (Å²) < 4.78 is 0. The second-order valence-electron chi connectivity index (χ2n) is 4.24. The summed E-state index contributed by atoms with van der Waals surface area (Å²) in [7, 11) is 0. The van der Waals surface area contributed by atoms with Crippen LogP contribution in [-0.4, -0.2) is 24.8 Å². The maximum Gasteiger partial charge on any atom is 0.182 e. The normalized spacial score (nSPS) is 10.2. The maximum atomic E-state index is 12.2. The number of halogens is 1. The first kappa shape index (κ1) is 13.6. The highest BCUT2D eigenvalue weighted by Crippen LogP contribution is 2.14. The molecule has 0 spiro atoms. The standard InChI is InChI=1S/C16H16ClNO/c17-11-12-18(15-9-5-2-6-10-15)13-16(19)14-7-3-1-4-8-14/h1-10H,11-13H2. The van der Waals surface area contributed by atoms with Gasteiger partial charge in [-0.3, -0.25) is 4.79 Å². The lowest BCUT2D eigenvalue weighted by molar-refractivity contribution is 0.0999. The average Bonchev–Trinajstić information content (AvgIpc) is 2.48. The van der Waals surface area contributed by atoms with Gasteiger partial charge in [0.15, 0.2) is 5.78 Å². The van der Waals surface area contributed by atoms with Gasteiger partial charge < -0.3 is 4.90 Å². The van der Waals surface area contributed by atoms with Crippen molar-refractivity contribution in [2.24, 2.45) is 0 Å². The third-order valence-corrected chi connectivity index (χ3v) is 3.08. The topological polar surface area (TPSA) is 20.3 Å². The SMILES string of the molecule is O=C(CN(CCCl)c1ccccc1)c1ccccc1. The van der Waals surface area contributed by atoms with Gasteiger partial charge in [0, 0.05) is 23.7 Å². The summed E-state index contributed by atoms with van der Waals surface area (Å²) in [6.07, 6.45) is 0. The fourth-order valence-electron chi connectivity index (χ4n) is 1.93. The van der Waals surface area contributed by atoms with E-state index in [0.717, 1.165) is 11.3 Å². The molecular formula is C16H16ClNO. The summed E-state index contributed by atoms with van der Waals surface area (Å²) in [5.41, 5.74) is 1.76. The van der Waals surface area contributed by atoms with Crippen molar-refractivity contribution in [2.45, 2.75) is 0 Å². The molecule has 0 aliphatic heterocycles. The van der Waals surface area contributed by atoms with E-state index in [1.54, 1.807) is 0 Å². The molecule has 0 fully saturated rings. The molecule has 0 heterocycles. The molecule has 0 N–H and O–H groups in total. The van der Waals surface area contributed by atoms with Crippen molar-refractivity contribution < 1.29 is 4.79 Å². The van der Waals surface area contributed by atoms with Gasteiger partial charge in [-0.2, -0.15) is 0 Å². The molecule has 3 heteroatoms. The zero-order chi connectivity index (χ0) is 13.5. The van der Waals surface area contributed by atoms with Crippen LogP contribution in [-0.2, 0) is 0 Å². The van der Waals surface area contributed by atoms with Crippen molar-refractivity contribution in [3.63, 3.8) is 0 Å². The number of hydrogen-bond donors (Lipinski definition) is 0. The molecule has 0 aromatic heterocycles. The maximum absolute atomic E-state index is 12.2. The average molecular weight is 274 g/mol. The van der Waals surface area contributed by atoms with Crippen LogP contribution in [0.15, 0.2) is 60.7 Å². The van der Waals surface area contributed by atoms with Gasteiger partial charge in [0.1, 0.15) is 0 Å². The van der Waals surface area contributed by atoms with E-state index in [0.29, 0.717) is 19.0 Å². The molecule has 0 aliphatic rings. The highest BCUT2D eigenvalue weighted by molar-refractivity contribution is 6.18. The fourth-order valence-corrected chi connectivity index (χ4v) is 2.13. The van der Waals surface area contributed by atoms with Gasteiger partial charge in [0.2, 0.25) is 0 Å². The number of ketones is 1. The van der Waals surface area contributed by atoms with Crippen LogP contribution in [0.1, 0.15) is 10.4 Å². The van der Waals surface area contributed by atoms with Crippen molar-refractivity contribution in [1.29, 1.82) is 0 Å². The second-order valence-corrected chi connectivity index (χ2v) is 4.61. The molecule has 0 unspecified atom stereocenters. The number of carbonyl (C=O) groups excluding carboxylic acids is 1. The zero-order valence-electron chi connectivity index (χ0n) is 10.6. The first-order valence-corrected chi connectivity index (χ1v) is 6.79. The molecule has 0 saturated heterocycles. The number of benzene rings is 2. The van der Waals surface area contributed by atoms with Gasteiger partial charge in [-0.25, -0.2) is 0 Å². The summed E-state index contributed by atoms with van der Waals surface area (Å²) in [5, 5.41) is 0. The van der Waals surface area contributed by atoms with E-state index in [-0.39, 0.29) is 5.78 Å². The van der Waals surface area contributed by atoms with Gasteiger partial charge in [0.05, 0.1) is 6.54 Å². The van der Waals surface area contributed by atoms with Gasteiger partial charge in [-0.1, -0.05) is 48.5 Å². The quantitative estimate of drug-likeness (QED) is 0.592. The molecule has 0 atom stereocenters. The van der Waals surface area contributed by atoms with Gasteiger partial charge >= 0.3 is 0 Å². The summed E-state index contributed by atoms with van der Waals surface area (Å²) in [6.45, 7) is 1.00. The highest BCUT2D eigenvalue weighted by atomic mass is 35.5. The van der Waals surface area contributed by atoms with Crippen molar-refractivity contribution in [3.8, 4) is 0 Å². The lowest BCUT2D eigenvalue weighted by Crippen LogP contribution is -2.31. The van der Waals surface area contributed by atoms with Gasteiger partial charge in [0.25, 0.3) is 0 Å². The zero-order valence-corrected chi connectivity index (χ0v) is 11.4. The molecule has 2 aromatic rings. The Balaban J connectivity index is 2.11. The molecule has 19 heavy (non-hydrogen) atoms. The van der Waals surface area contributed by atoms with E-state index in [4.69, 9.17) is 11.6 Å². The Bertz CT molecular complexity index is 513. The molecule has 0 amide bonds. The lowest BCUT2D eigenvalue weighted by Gasteiger charge is -2.23. The van der Waals surface area contributed by atoms with E-state index in [1.807, 2.05) is 65.6 Å². The van der Waals surface area contributed by atoms with Crippen LogP contribution in [0.4, 0.5) is 5.69 Å². The predicted octanol–water partition coefficient (Wildman–Crippen LogP) is 3.61. The van der Waals surface area contributed by atoms with E-state index in [1.165, 1.54) is 0 Å². The summed E-state index contributed by atoms with van der Waals surface area (Å²) in [5.74, 6) is 0.603. The number of rotatable bonds is 6. The molecule has 0 aliphatic carbocycles. The summed E-state index contributed by atoms with van der Waals surface area (Å²) in [4.78, 5) is 14.2. The number of anilines is 1. The van der Waals surface area contributed by atoms with Crippen LogP contribution < -0.4 is 4.90 Å². The Morgan fingerprint density at radius 2 is 1.53 bits per heavy atom. The number of alkyl halides is 1. The van der Waals surface area contributed by atoms with Crippen LogP contribution in [0, 0.1) is 0 Å². The molecule has 2 rings (SSSR count). The van der Waals surface area contributed by atoms with E-state index < -0.39 is 0 Å². The van der Waals surface area contributed by atoms with Crippen LogP contribution >= 0.6 is 11.6 Å².